The summed E-state index contributed by atoms with van der Waals surface area (Å²) in [5.41, 5.74) is 2.73. The number of hydrogen-bond acceptors (Lipinski definition) is 2. The van der Waals surface area contributed by atoms with Gasteiger partial charge >= 0.3 is 0 Å². The summed E-state index contributed by atoms with van der Waals surface area (Å²) in [5.74, 6) is 0. The molecule has 1 aliphatic heterocycles. The summed E-state index contributed by atoms with van der Waals surface area (Å²) in [4.78, 5) is 5.13. The Balaban J connectivity index is 0.000000956. The molecule has 114 valence electrons. The number of piperidine rings is 1. The molecule has 0 aromatic heterocycles. The van der Waals surface area contributed by atoms with Gasteiger partial charge in [0.1, 0.15) is 0 Å². The van der Waals surface area contributed by atoms with Crippen molar-refractivity contribution in [2.75, 3.05) is 31.1 Å². The fraction of sp³-hybridized carbons (Fsp3) is 0.667. The van der Waals surface area contributed by atoms with Crippen LogP contribution in [0.3, 0.4) is 0 Å². The molecule has 0 saturated carbocycles. The van der Waals surface area contributed by atoms with Crippen LogP contribution in [-0.2, 0) is 0 Å². The quantitative estimate of drug-likeness (QED) is 0.807. The van der Waals surface area contributed by atoms with E-state index in [1.807, 2.05) is 13.8 Å². The molecule has 0 N–H and O–H groups in total. The Kier molecular flexibility index (Phi) is 7.68. The molecule has 2 nitrogen and oxygen atoms in total. The van der Waals surface area contributed by atoms with E-state index >= 15 is 0 Å². The number of benzene rings is 1. The molecular formula is C18H32N2. The SMILES string of the molecule is CC.CCN1CCC(N(CC)c2ccc(C)cc2)CC1. The molecule has 0 spiro atoms. The van der Waals surface area contributed by atoms with Gasteiger partial charge in [0.2, 0.25) is 0 Å². The summed E-state index contributed by atoms with van der Waals surface area (Å²) in [6, 6.07) is 9.70. The number of hydrogen-bond donors (Lipinski definition) is 0. The number of rotatable bonds is 4. The molecule has 1 aromatic rings. The Bertz CT molecular complexity index is 350. The maximum atomic E-state index is 2.58. The van der Waals surface area contributed by atoms with Gasteiger partial charge in [0.05, 0.1) is 0 Å². The Morgan fingerprint density at radius 3 is 2.05 bits per heavy atom. The summed E-state index contributed by atoms with van der Waals surface area (Å²) < 4.78 is 0. The van der Waals surface area contributed by atoms with Crippen molar-refractivity contribution in [3.05, 3.63) is 29.8 Å². The minimum Gasteiger partial charge on any atom is -0.369 e. The molecule has 1 aromatic carbocycles. The van der Waals surface area contributed by atoms with Crippen molar-refractivity contribution in [1.82, 2.24) is 4.90 Å². The van der Waals surface area contributed by atoms with Crippen molar-refractivity contribution in [2.24, 2.45) is 0 Å². The van der Waals surface area contributed by atoms with Gasteiger partial charge in [-0.1, -0.05) is 38.5 Å². The highest BCUT2D eigenvalue weighted by atomic mass is 15.2. The third-order valence-corrected chi connectivity index (χ3v) is 4.15. The normalized spacial score (nSPS) is 16.4. The van der Waals surface area contributed by atoms with Gasteiger partial charge in [0.25, 0.3) is 0 Å². The number of nitrogens with zero attached hydrogens (tertiary/aromatic N) is 2. The predicted molar refractivity (Wildman–Crippen MR) is 90.7 cm³/mol. The molecule has 1 saturated heterocycles. The molecular weight excluding hydrogens is 244 g/mol. The molecule has 1 fully saturated rings. The predicted octanol–water partition coefficient (Wildman–Crippen LogP) is 4.33. The lowest BCUT2D eigenvalue weighted by Crippen LogP contribution is -2.44. The van der Waals surface area contributed by atoms with Crippen molar-refractivity contribution >= 4 is 5.69 Å². The summed E-state index contributed by atoms with van der Waals surface area (Å²) >= 11 is 0. The molecule has 0 aliphatic carbocycles. The molecule has 0 unspecified atom stereocenters. The van der Waals surface area contributed by atoms with Crippen LogP contribution in [0.25, 0.3) is 0 Å². The van der Waals surface area contributed by atoms with Crippen molar-refractivity contribution in [1.29, 1.82) is 0 Å². The van der Waals surface area contributed by atoms with E-state index in [2.05, 4.69) is 54.8 Å². The second-order valence-corrected chi connectivity index (χ2v) is 5.29. The molecule has 0 atom stereocenters. The zero-order valence-electron chi connectivity index (χ0n) is 14.0. The molecule has 20 heavy (non-hydrogen) atoms. The van der Waals surface area contributed by atoms with Crippen LogP contribution in [0.2, 0.25) is 0 Å². The number of likely N-dealkylation sites (tertiary alicyclic amines) is 1. The van der Waals surface area contributed by atoms with Crippen LogP contribution in [0.4, 0.5) is 5.69 Å². The Labute approximate surface area is 125 Å². The summed E-state index contributed by atoms with van der Waals surface area (Å²) in [7, 11) is 0. The van der Waals surface area contributed by atoms with Gasteiger partial charge in [-0.25, -0.2) is 0 Å². The van der Waals surface area contributed by atoms with Crippen LogP contribution in [-0.4, -0.2) is 37.1 Å². The van der Waals surface area contributed by atoms with Gasteiger partial charge in [0, 0.05) is 31.4 Å². The first-order chi connectivity index (χ1) is 9.74. The first-order valence-electron chi connectivity index (χ1n) is 8.30. The lowest BCUT2D eigenvalue weighted by Gasteiger charge is -2.39. The van der Waals surface area contributed by atoms with E-state index < -0.39 is 0 Å². The van der Waals surface area contributed by atoms with Crippen LogP contribution >= 0.6 is 0 Å². The van der Waals surface area contributed by atoms with Gasteiger partial charge in [0.15, 0.2) is 0 Å². The highest BCUT2D eigenvalue weighted by Gasteiger charge is 2.23. The lowest BCUT2D eigenvalue weighted by atomic mass is 10.0. The molecule has 1 heterocycles. The lowest BCUT2D eigenvalue weighted by molar-refractivity contribution is 0.219. The van der Waals surface area contributed by atoms with Crippen LogP contribution in [0.15, 0.2) is 24.3 Å². The van der Waals surface area contributed by atoms with Crippen molar-refractivity contribution < 1.29 is 0 Å². The molecule has 1 aliphatic rings. The Hall–Kier alpha value is -1.02. The van der Waals surface area contributed by atoms with Crippen molar-refractivity contribution in [3.8, 4) is 0 Å². The van der Waals surface area contributed by atoms with Crippen LogP contribution in [0.5, 0.6) is 0 Å². The van der Waals surface area contributed by atoms with Crippen LogP contribution < -0.4 is 4.90 Å². The fourth-order valence-electron chi connectivity index (χ4n) is 2.94. The molecule has 2 rings (SSSR count). The fourth-order valence-corrected chi connectivity index (χ4v) is 2.94. The van der Waals surface area contributed by atoms with Gasteiger partial charge in [-0.2, -0.15) is 0 Å². The third kappa shape index (κ3) is 4.52. The zero-order chi connectivity index (χ0) is 15.0. The van der Waals surface area contributed by atoms with Crippen LogP contribution in [0, 0.1) is 6.92 Å². The maximum absolute atomic E-state index is 2.58. The topological polar surface area (TPSA) is 6.48 Å². The van der Waals surface area contributed by atoms with E-state index in [0.29, 0.717) is 0 Å². The van der Waals surface area contributed by atoms with Gasteiger partial charge in [-0.3, -0.25) is 0 Å². The maximum Gasteiger partial charge on any atom is 0.0368 e. The highest BCUT2D eigenvalue weighted by molar-refractivity contribution is 5.48. The summed E-state index contributed by atoms with van der Waals surface area (Å²) in [6.07, 6.45) is 2.60. The van der Waals surface area contributed by atoms with E-state index in [1.54, 1.807) is 0 Å². The third-order valence-electron chi connectivity index (χ3n) is 4.15. The van der Waals surface area contributed by atoms with E-state index in [4.69, 9.17) is 0 Å². The average molecular weight is 276 g/mol. The average Bonchev–Trinajstić information content (AvgIpc) is 2.52. The number of aryl methyl sites for hydroxylation is 1. The first kappa shape index (κ1) is 17.0. The standard InChI is InChI=1S/C16H26N2.C2H6/c1-4-17-12-10-16(11-13-17)18(5-2)15-8-6-14(3)7-9-15;1-2/h6-9,16H,4-5,10-13H2,1-3H3;1-2H3. The summed E-state index contributed by atoms with van der Waals surface area (Å²) in [6.45, 7) is 15.5. The second kappa shape index (κ2) is 9.02. The Morgan fingerprint density at radius 2 is 1.60 bits per heavy atom. The van der Waals surface area contributed by atoms with Gasteiger partial charge < -0.3 is 9.80 Å². The van der Waals surface area contributed by atoms with E-state index in [-0.39, 0.29) is 0 Å². The molecule has 0 radical (unpaired) electrons. The van der Waals surface area contributed by atoms with Crippen molar-refractivity contribution in [3.63, 3.8) is 0 Å². The highest BCUT2D eigenvalue weighted by Crippen LogP contribution is 2.23. The van der Waals surface area contributed by atoms with E-state index in [1.165, 1.54) is 43.7 Å². The van der Waals surface area contributed by atoms with E-state index in [9.17, 15) is 0 Å². The Morgan fingerprint density at radius 1 is 1.05 bits per heavy atom. The molecule has 2 heteroatoms. The van der Waals surface area contributed by atoms with Gasteiger partial charge in [-0.05, 0) is 45.4 Å². The smallest absolute Gasteiger partial charge is 0.0368 e. The second-order valence-electron chi connectivity index (χ2n) is 5.29. The first-order valence-corrected chi connectivity index (χ1v) is 8.30. The van der Waals surface area contributed by atoms with E-state index in [0.717, 1.165) is 12.6 Å². The molecule has 0 bridgehead atoms. The number of anilines is 1. The summed E-state index contributed by atoms with van der Waals surface area (Å²) in [5, 5.41) is 0. The monoisotopic (exact) mass is 276 g/mol. The zero-order valence-corrected chi connectivity index (χ0v) is 14.0. The van der Waals surface area contributed by atoms with Crippen LogP contribution in [0.1, 0.15) is 46.1 Å². The minimum atomic E-state index is 0.723. The van der Waals surface area contributed by atoms with Gasteiger partial charge in [-0.15, -0.1) is 0 Å². The molecule has 0 amide bonds. The minimum absolute atomic E-state index is 0.723. The largest absolute Gasteiger partial charge is 0.369 e. The van der Waals surface area contributed by atoms with Crippen molar-refractivity contribution in [2.45, 2.75) is 53.5 Å².